The molecule has 1 aromatic rings. The van der Waals surface area contributed by atoms with Crippen molar-refractivity contribution in [3.05, 3.63) is 23.2 Å². The Morgan fingerprint density at radius 2 is 2.40 bits per heavy atom. The van der Waals surface area contributed by atoms with Crippen molar-refractivity contribution in [3.63, 3.8) is 0 Å². The fourth-order valence-corrected chi connectivity index (χ4v) is 1.25. The quantitative estimate of drug-likeness (QED) is 0.385. The zero-order chi connectivity index (χ0) is 11.4. The molecule has 0 atom stereocenters. The first-order valence-electron chi connectivity index (χ1n) is 4.38. The molecule has 0 unspecified atom stereocenters. The van der Waals surface area contributed by atoms with Gasteiger partial charge in [0.2, 0.25) is 11.8 Å². The summed E-state index contributed by atoms with van der Waals surface area (Å²) in [6, 6.07) is 0. The van der Waals surface area contributed by atoms with Gasteiger partial charge in [-0.05, 0) is 13.0 Å². The van der Waals surface area contributed by atoms with Crippen LogP contribution in [0.25, 0.3) is 0 Å². The second kappa shape index (κ2) is 4.50. The molecule has 1 aromatic heterocycles. The van der Waals surface area contributed by atoms with Gasteiger partial charge in [-0.3, -0.25) is 0 Å². The van der Waals surface area contributed by atoms with Crippen molar-refractivity contribution in [2.75, 3.05) is 0 Å². The molecule has 3 N–H and O–H groups in total. The monoisotopic (exact) mass is 210 g/mol. The van der Waals surface area contributed by atoms with Gasteiger partial charge in [-0.15, -0.1) is 0 Å². The van der Waals surface area contributed by atoms with Crippen LogP contribution >= 0.6 is 0 Å². The lowest BCUT2D eigenvalue weighted by atomic mass is 10.2. The Morgan fingerprint density at radius 1 is 1.73 bits per heavy atom. The van der Waals surface area contributed by atoms with Gasteiger partial charge in [0.05, 0.1) is 5.69 Å². The summed E-state index contributed by atoms with van der Waals surface area (Å²) in [5.74, 6) is -0.00392. The highest BCUT2D eigenvalue weighted by atomic mass is 16.3. The van der Waals surface area contributed by atoms with Crippen LogP contribution in [-0.4, -0.2) is 26.7 Å². The molecule has 6 heteroatoms. The van der Waals surface area contributed by atoms with Crippen LogP contribution in [0.1, 0.15) is 11.3 Å². The minimum Gasteiger partial charge on any atom is -0.494 e. The van der Waals surface area contributed by atoms with Crippen LogP contribution in [-0.2, 0) is 13.5 Å². The van der Waals surface area contributed by atoms with E-state index in [2.05, 4.69) is 22.3 Å². The van der Waals surface area contributed by atoms with Gasteiger partial charge < -0.3 is 10.2 Å². The predicted octanol–water partition coefficient (Wildman–Crippen LogP) is 0.581. The Bertz CT molecular complexity index is 395. The molecule has 0 saturated heterocycles. The van der Waals surface area contributed by atoms with Gasteiger partial charge in [-0.25, -0.2) is 10.1 Å². The summed E-state index contributed by atoms with van der Waals surface area (Å²) < 4.78 is 1.38. The highest BCUT2D eigenvalue weighted by molar-refractivity contribution is 5.31. The van der Waals surface area contributed by atoms with E-state index in [1.165, 1.54) is 10.8 Å². The smallest absolute Gasteiger partial charge is 0.212 e. The SMILES string of the molecule is C=NN/C(O)=C/Cc1c(C)nn(C)c1O. The molecule has 15 heavy (non-hydrogen) atoms. The van der Waals surface area contributed by atoms with Gasteiger partial charge >= 0.3 is 0 Å². The van der Waals surface area contributed by atoms with Crippen LogP contribution in [0.3, 0.4) is 0 Å². The molecule has 0 amide bonds. The summed E-state index contributed by atoms with van der Waals surface area (Å²) in [4.78, 5) is 0. The van der Waals surface area contributed by atoms with Gasteiger partial charge in [0.25, 0.3) is 0 Å². The molecule has 82 valence electrons. The molecule has 6 nitrogen and oxygen atoms in total. The molecule has 0 aromatic carbocycles. The number of allylic oxidation sites excluding steroid dienone is 1. The van der Waals surface area contributed by atoms with Crippen LogP contribution in [0.4, 0.5) is 0 Å². The van der Waals surface area contributed by atoms with E-state index in [0.717, 1.165) is 5.69 Å². The second-order valence-corrected chi connectivity index (χ2v) is 3.07. The molecule has 0 aliphatic rings. The van der Waals surface area contributed by atoms with E-state index >= 15 is 0 Å². The molecule has 0 spiro atoms. The molecule has 1 heterocycles. The average Bonchev–Trinajstić information content (AvgIpc) is 2.40. The number of nitrogens with zero attached hydrogens (tertiary/aromatic N) is 3. The molecular weight excluding hydrogens is 196 g/mol. The zero-order valence-electron chi connectivity index (χ0n) is 8.73. The summed E-state index contributed by atoms with van der Waals surface area (Å²) in [5, 5.41) is 26.1. The lowest BCUT2D eigenvalue weighted by molar-refractivity contribution is 0.366. The van der Waals surface area contributed by atoms with E-state index in [1.54, 1.807) is 14.0 Å². The number of nitrogens with one attached hydrogen (secondary N) is 1. The first-order valence-corrected chi connectivity index (χ1v) is 4.38. The molecule has 0 radical (unpaired) electrons. The molecule has 1 rings (SSSR count). The first kappa shape index (κ1) is 11.1. The highest BCUT2D eigenvalue weighted by Crippen LogP contribution is 2.20. The van der Waals surface area contributed by atoms with E-state index in [4.69, 9.17) is 0 Å². The third-order valence-electron chi connectivity index (χ3n) is 2.01. The van der Waals surface area contributed by atoms with Crippen molar-refractivity contribution in [2.24, 2.45) is 12.1 Å². The lowest BCUT2D eigenvalue weighted by Gasteiger charge is -1.98. The predicted molar refractivity (Wildman–Crippen MR) is 56.7 cm³/mol. The molecular formula is C9H14N4O2. The first-order chi connectivity index (χ1) is 7.06. The fourth-order valence-electron chi connectivity index (χ4n) is 1.25. The molecule has 0 bridgehead atoms. The Hall–Kier alpha value is -1.98. The minimum absolute atomic E-state index is 0.100. The summed E-state index contributed by atoms with van der Waals surface area (Å²) >= 11 is 0. The van der Waals surface area contributed by atoms with Crippen LogP contribution in [0.2, 0.25) is 0 Å². The Kier molecular flexibility index (Phi) is 3.33. The van der Waals surface area contributed by atoms with Crippen molar-refractivity contribution in [2.45, 2.75) is 13.3 Å². The number of aromatic hydroxyl groups is 1. The number of rotatable bonds is 4. The largest absolute Gasteiger partial charge is 0.494 e. The van der Waals surface area contributed by atoms with E-state index in [-0.39, 0.29) is 11.8 Å². The van der Waals surface area contributed by atoms with E-state index in [1.807, 2.05) is 0 Å². The summed E-state index contributed by atoms with van der Waals surface area (Å²) in [7, 11) is 1.65. The second-order valence-electron chi connectivity index (χ2n) is 3.07. The molecule has 0 fully saturated rings. The topological polar surface area (TPSA) is 82.7 Å². The van der Waals surface area contributed by atoms with Crippen molar-refractivity contribution in [1.82, 2.24) is 15.2 Å². The van der Waals surface area contributed by atoms with Crippen LogP contribution in [0.5, 0.6) is 5.88 Å². The van der Waals surface area contributed by atoms with Gasteiger partial charge in [0, 0.05) is 25.7 Å². The van der Waals surface area contributed by atoms with E-state index in [0.29, 0.717) is 12.0 Å². The number of hydrogen-bond acceptors (Lipinski definition) is 5. The molecule has 0 aliphatic carbocycles. The van der Waals surface area contributed by atoms with Crippen molar-refractivity contribution < 1.29 is 10.2 Å². The standard InChI is InChI=1S/C9H14N4O2/c1-6-7(9(15)13(3)12-6)4-5-8(14)11-10-2/h5,11,14-15H,2,4H2,1,3H3/b8-5-. The van der Waals surface area contributed by atoms with E-state index in [9.17, 15) is 10.2 Å². The summed E-state index contributed by atoms with van der Waals surface area (Å²) in [6.07, 6.45) is 1.86. The van der Waals surface area contributed by atoms with Crippen LogP contribution in [0.15, 0.2) is 17.1 Å². The molecule has 0 aliphatic heterocycles. The van der Waals surface area contributed by atoms with Crippen molar-refractivity contribution in [1.29, 1.82) is 0 Å². The Balaban J connectivity index is 2.81. The maximum absolute atomic E-state index is 9.59. The number of aliphatic hydroxyl groups is 1. The number of aryl methyl sites for hydroxylation is 2. The van der Waals surface area contributed by atoms with Gasteiger partial charge in [-0.1, -0.05) is 0 Å². The van der Waals surface area contributed by atoms with E-state index < -0.39 is 0 Å². The lowest BCUT2D eigenvalue weighted by Crippen LogP contribution is -2.03. The Morgan fingerprint density at radius 3 is 2.87 bits per heavy atom. The van der Waals surface area contributed by atoms with Crippen molar-refractivity contribution in [3.8, 4) is 5.88 Å². The number of hydrogen-bond donors (Lipinski definition) is 3. The van der Waals surface area contributed by atoms with Crippen LogP contribution < -0.4 is 5.43 Å². The zero-order valence-corrected chi connectivity index (χ0v) is 8.73. The average molecular weight is 210 g/mol. The minimum atomic E-state index is -0.104. The van der Waals surface area contributed by atoms with Gasteiger partial charge in [0.15, 0.2) is 0 Å². The highest BCUT2D eigenvalue weighted by Gasteiger charge is 2.10. The van der Waals surface area contributed by atoms with Crippen molar-refractivity contribution >= 4 is 6.72 Å². The Labute approximate surface area is 87.5 Å². The van der Waals surface area contributed by atoms with Gasteiger partial charge in [-0.2, -0.15) is 10.2 Å². The summed E-state index contributed by atoms with van der Waals surface area (Å²) in [5.41, 5.74) is 3.69. The maximum atomic E-state index is 9.59. The van der Waals surface area contributed by atoms with Crippen LogP contribution in [0, 0.1) is 6.92 Å². The third-order valence-corrected chi connectivity index (χ3v) is 2.01. The maximum Gasteiger partial charge on any atom is 0.212 e. The number of hydrazone groups is 1. The fraction of sp³-hybridized carbons (Fsp3) is 0.333. The number of aliphatic hydroxyl groups excluding tert-OH is 1. The number of aromatic nitrogens is 2. The van der Waals surface area contributed by atoms with Gasteiger partial charge in [0.1, 0.15) is 0 Å². The summed E-state index contributed by atoms with van der Waals surface area (Å²) in [6.45, 7) is 4.96. The molecule has 0 saturated carbocycles. The normalized spacial score (nSPS) is 11.5. The third kappa shape index (κ3) is 2.49.